The Bertz CT molecular complexity index is 1360. The molecule has 0 saturated heterocycles. The lowest BCUT2D eigenvalue weighted by atomic mass is 10.1. The number of benzene rings is 3. The zero-order valence-electron chi connectivity index (χ0n) is 19.2. The third kappa shape index (κ3) is 6.79. The van der Waals surface area contributed by atoms with Gasteiger partial charge in [-0.25, -0.2) is 8.42 Å². The topological polar surface area (TPSA) is 132 Å². The van der Waals surface area contributed by atoms with Gasteiger partial charge in [0.25, 0.3) is 0 Å². The molecular formula is C25H24N2O7S. The molecule has 1 atom stereocenters. The molecule has 1 N–H and O–H groups in total. The molecule has 0 radical (unpaired) electrons. The molecule has 182 valence electrons. The van der Waals surface area contributed by atoms with Crippen molar-refractivity contribution in [2.45, 2.75) is 30.4 Å². The van der Waals surface area contributed by atoms with Crippen molar-refractivity contribution in [1.82, 2.24) is 4.72 Å². The van der Waals surface area contributed by atoms with Crippen LogP contribution in [0.25, 0.3) is 10.8 Å². The maximum atomic E-state index is 12.9. The molecule has 3 aromatic rings. The maximum Gasteiger partial charge on any atom is 0.323 e. The summed E-state index contributed by atoms with van der Waals surface area (Å²) >= 11 is 0. The summed E-state index contributed by atoms with van der Waals surface area (Å²) in [7, 11) is -1.74. The van der Waals surface area contributed by atoms with Crippen molar-refractivity contribution in [2.75, 3.05) is 14.2 Å². The first-order chi connectivity index (χ1) is 16.7. The Morgan fingerprint density at radius 2 is 1.66 bits per heavy atom. The number of carbonyl (C=O) groups is 2. The summed E-state index contributed by atoms with van der Waals surface area (Å²) in [4.78, 5) is 23.4. The average Bonchev–Trinajstić information content (AvgIpc) is 2.88. The summed E-state index contributed by atoms with van der Waals surface area (Å²) in [5.74, 6) is -0.771. The molecule has 0 saturated carbocycles. The van der Waals surface area contributed by atoms with Crippen LogP contribution >= 0.6 is 0 Å². The Balaban J connectivity index is 1.74. The number of esters is 2. The van der Waals surface area contributed by atoms with Gasteiger partial charge in [0.15, 0.2) is 0 Å². The van der Waals surface area contributed by atoms with Crippen LogP contribution in [0.3, 0.4) is 0 Å². The minimum Gasteiger partial charge on any atom is -0.489 e. The van der Waals surface area contributed by atoms with E-state index in [4.69, 9.17) is 10.00 Å². The molecule has 0 unspecified atom stereocenters. The first kappa shape index (κ1) is 25.7. The minimum absolute atomic E-state index is 0.0387. The van der Waals surface area contributed by atoms with Crippen LogP contribution in [0.1, 0.15) is 24.0 Å². The number of carbonyl (C=O) groups excluding carboxylic acids is 2. The lowest BCUT2D eigenvalue weighted by Gasteiger charge is -2.16. The summed E-state index contributed by atoms with van der Waals surface area (Å²) in [6, 6.07) is 17.7. The van der Waals surface area contributed by atoms with E-state index in [1.54, 1.807) is 36.4 Å². The van der Waals surface area contributed by atoms with Crippen molar-refractivity contribution in [3.8, 4) is 11.8 Å². The van der Waals surface area contributed by atoms with Gasteiger partial charge in [-0.05, 0) is 59.2 Å². The molecule has 0 fully saturated rings. The van der Waals surface area contributed by atoms with E-state index in [9.17, 15) is 18.0 Å². The van der Waals surface area contributed by atoms with Crippen LogP contribution in [-0.2, 0) is 35.7 Å². The number of hydrogen-bond acceptors (Lipinski definition) is 8. The second kappa shape index (κ2) is 11.5. The van der Waals surface area contributed by atoms with Crippen molar-refractivity contribution in [1.29, 1.82) is 5.26 Å². The third-order valence-electron chi connectivity index (χ3n) is 5.23. The smallest absolute Gasteiger partial charge is 0.323 e. The van der Waals surface area contributed by atoms with Crippen molar-refractivity contribution >= 4 is 32.7 Å². The number of methoxy groups -OCH3 is 2. The van der Waals surface area contributed by atoms with Crippen LogP contribution in [0.4, 0.5) is 0 Å². The van der Waals surface area contributed by atoms with Crippen molar-refractivity contribution < 1.29 is 32.2 Å². The average molecular weight is 497 g/mol. The molecule has 0 spiro atoms. The largest absolute Gasteiger partial charge is 0.489 e. The molecule has 35 heavy (non-hydrogen) atoms. The van der Waals surface area contributed by atoms with Crippen LogP contribution in [0.5, 0.6) is 5.75 Å². The molecule has 9 nitrogen and oxygen atoms in total. The van der Waals surface area contributed by atoms with Crippen LogP contribution in [0, 0.1) is 11.3 Å². The van der Waals surface area contributed by atoms with Crippen molar-refractivity contribution in [2.24, 2.45) is 0 Å². The van der Waals surface area contributed by atoms with E-state index in [-0.39, 0.29) is 17.7 Å². The van der Waals surface area contributed by atoms with Gasteiger partial charge in [0.2, 0.25) is 10.0 Å². The number of ether oxygens (including phenoxy) is 3. The predicted octanol–water partition coefficient (Wildman–Crippen LogP) is 3.06. The van der Waals surface area contributed by atoms with E-state index in [2.05, 4.69) is 20.3 Å². The van der Waals surface area contributed by atoms with Crippen LogP contribution in [0.15, 0.2) is 65.6 Å². The van der Waals surface area contributed by atoms with Gasteiger partial charge in [-0.1, -0.05) is 24.3 Å². The second-order valence-electron chi connectivity index (χ2n) is 7.58. The first-order valence-electron chi connectivity index (χ1n) is 10.6. The maximum absolute atomic E-state index is 12.9. The summed E-state index contributed by atoms with van der Waals surface area (Å²) < 4.78 is 43.2. The molecule has 3 aromatic carbocycles. The molecule has 0 heterocycles. The summed E-state index contributed by atoms with van der Waals surface area (Å²) in [5, 5.41) is 10.3. The van der Waals surface area contributed by atoms with Gasteiger partial charge in [-0.15, -0.1) is 0 Å². The zero-order valence-corrected chi connectivity index (χ0v) is 20.0. The Morgan fingerprint density at radius 1 is 0.971 bits per heavy atom. The Kier molecular flexibility index (Phi) is 8.41. The molecule has 0 aromatic heterocycles. The quantitative estimate of drug-likeness (QED) is 0.424. The normalized spacial score (nSPS) is 11.9. The van der Waals surface area contributed by atoms with Crippen LogP contribution in [-0.4, -0.2) is 40.6 Å². The van der Waals surface area contributed by atoms with Crippen molar-refractivity contribution in [3.63, 3.8) is 0 Å². The number of rotatable bonds is 10. The molecule has 0 aliphatic carbocycles. The summed E-state index contributed by atoms with van der Waals surface area (Å²) in [6.07, 6.45) is -0.256. The van der Waals surface area contributed by atoms with E-state index in [0.29, 0.717) is 23.3 Å². The van der Waals surface area contributed by atoms with E-state index in [1.165, 1.54) is 19.2 Å². The zero-order chi connectivity index (χ0) is 25.4. The molecule has 0 aliphatic heterocycles. The van der Waals surface area contributed by atoms with Gasteiger partial charge in [-0.3, -0.25) is 9.59 Å². The summed E-state index contributed by atoms with van der Waals surface area (Å²) in [6.45, 7) is 0.314. The highest BCUT2D eigenvalue weighted by atomic mass is 32.2. The molecule has 0 aliphatic rings. The molecular weight excluding hydrogens is 472 g/mol. The van der Waals surface area contributed by atoms with E-state index in [1.807, 2.05) is 12.1 Å². The van der Waals surface area contributed by atoms with Gasteiger partial charge in [-0.2, -0.15) is 9.98 Å². The van der Waals surface area contributed by atoms with Gasteiger partial charge < -0.3 is 14.2 Å². The summed E-state index contributed by atoms with van der Waals surface area (Å²) in [5.41, 5.74) is 1.48. The van der Waals surface area contributed by atoms with Gasteiger partial charge in [0, 0.05) is 6.42 Å². The Labute approximate surface area is 203 Å². The highest BCUT2D eigenvalue weighted by molar-refractivity contribution is 7.89. The standard InChI is InChI=1S/C25H24N2O7S/c1-32-24(28)12-11-23(25(29)33-2)27-35(30,31)22-10-8-19-13-21(9-7-20(19)14-22)34-16-18-5-3-17(15-26)4-6-18/h3-10,13-14,23,27H,11-12,16H2,1-2H3/t23-/m1/s1. The number of nitrogens with zero attached hydrogens (tertiary/aromatic N) is 1. The highest BCUT2D eigenvalue weighted by Gasteiger charge is 2.27. The molecule has 3 rings (SSSR count). The monoisotopic (exact) mass is 496 g/mol. The fourth-order valence-electron chi connectivity index (χ4n) is 3.29. The van der Waals surface area contributed by atoms with Gasteiger partial charge in [0.05, 0.1) is 30.7 Å². The Morgan fingerprint density at radius 3 is 2.31 bits per heavy atom. The highest BCUT2D eigenvalue weighted by Crippen LogP contribution is 2.25. The van der Waals surface area contributed by atoms with E-state index < -0.39 is 28.0 Å². The first-order valence-corrected chi connectivity index (χ1v) is 12.1. The molecule has 0 bridgehead atoms. The van der Waals surface area contributed by atoms with Gasteiger partial charge in [0.1, 0.15) is 18.4 Å². The predicted molar refractivity (Wildman–Crippen MR) is 127 cm³/mol. The van der Waals surface area contributed by atoms with E-state index >= 15 is 0 Å². The fourth-order valence-corrected chi connectivity index (χ4v) is 4.54. The third-order valence-corrected chi connectivity index (χ3v) is 6.70. The van der Waals surface area contributed by atoms with Gasteiger partial charge >= 0.3 is 11.9 Å². The number of fused-ring (bicyclic) bond motifs is 1. The van der Waals surface area contributed by atoms with Crippen LogP contribution < -0.4 is 9.46 Å². The number of nitriles is 1. The van der Waals surface area contributed by atoms with E-state index in [0.717, 1.165) is 18.1 Å². The number of sulfonamides is 1. The van der Waals surface area contributed by atoms with Crippen LogP contribution in [0.2, 0.25) is 0 Å². The fraction of sp³-hybridized carbons (Fsp3) is 0.240. The lowest BCUT2D eigenvalue weighted by Crippen LogP contribution is -2.41. The van der Waals surface area contributed by atoms with Crippen molar-refractivity contribution in [3.05, 3.63) is 71.8 Å². The molecule has 0 amide bonds. The minimum atomic E-state index is -4.08. The molecule has 10 heteroatoms. The second-order valence-corrected chi connectivity index (χ2v) is 9.29. The number of nitrogens with one attached hydrogen (secondary N) is 1. The number of hydrogen-bond donors (Lipinski definition) is 1. The Hall–Kier alpha value is -3.94. The SMILES string of the molecule is COC(=O)CC[C@@H](NS(=O)(=O)c1ccc2cc(OCc3ccc(C#N)cc3)ccc2c1)C(=O)OC. The lowest BCUT2D eigenvalue weighted by molar-refractivity contribution is -0.144.